The third kappa shape index (κ3) is 3.05. The number of aromatic carboxylic acids is 1. The Morgan fingerprint density at radius 1 is 1.58 bits per heavy atom. The van der Waals surface area contributed by atoms with Gasteiger partial charge in [-0.05, 0) is 11.4 Å². The van der Waals surface area contributed by atoms with Crippen molar-refractivity contribution in [2.24, 2.45) is 0 Å². The molecule has 2 rings (SSSR count). The Hall–Kier alpha value is -2.48. The van der Waals surface area contributed by atoms with Gasteiger partial charge < -0.3 is 9.84 Å². The Labute approximate surface area is 111 Å². The topological polar surface area (TPSA) is 103 Å². The summed E-state index contributed by atoms with van der Waals surface area (Å²) < 4.78 is 5.24. The van der Waals surface area contributed by atoms with Gasteiger partial charge in [0, 0.05) is 17.1 Å². The van der Waals surface area contributed by atoms with E-state index in [2.05, 4.69) is 4.98 Å². The molecule has 0 amide bonds. The van der Waals surface area contributed by atoms with Gasteiger partial charge in [0.2, 0.25) is 0 Å². The Kier molecular flexibility index (Phi) is 3.71. The van der Waals surface area contributed by atoms with Gasteiger partial charge in [0.15, 0.2) is 0 Å². The van der Waals surface area contributed by atoms with Crippen molar-refractivity contribution >= 4 is 23.0 Å². The smallest absolute Gasteiger partial charge is 0.337 e. The number of hydrogen-bond donors (Lipinski definition) is 1. The van der Waals surface area contributed by atoms with Crippen molar-refractivity contribution in [3.8, 4) is 5.88 Å². The second-order valence-electron chi connectivity index (χ2n) is 3.48. The summed E-state index contributed by atoms with van der Waals surface area (Å²) >= 11 is 1.45. The molecule has 0 atom stereocenters. The number of carbonyl (C=O) groups is 1. The number of nitro groups is 1. The summed E-state index contributed by atoms with van der Waals surface area (Å²) in [4.78, 5) is 25.4. The molecule has 98 valence electrons. The molecule has 19 heavy (non-hydrogen) atoms. The van der Waals surface area contributed by atoms with E-state index >= 15 is 0 Å². The molecule has 0 aliphatic rings. The van der Waals surface area contributed by atoms with E-state index in [0.717, 1.165) is 17.1 Å². The lowest BCUT2D eigenvalue weighted by molar-refractivity contribution is -0.386. The fraction of sp³-hybridized carbons (Fsp3) is 0.0909. The molecule has 0 bridgehead atoms. The highest BCUT2D eigenvalue weighted by atomic mass is 32.1. The fourth-order valence-corrected chi connectivity index (χ4v) is 1.95. The highest BCUT2D eigenvalue weighted by molar-refractivity contribution is 7.09. The van der Waals surface area contributed by atoms with Crippen LogP contribution >= 0.6 is 11.3 Å². The fourth-order valence-electron chi connectivity index (χ4n) is 1.33. The van der Waals surface area contributed by atoms with Crippen LogP contribution in [-0.4, -0.2) is 21.0 Å². The quantitative estimate of drug-likeness (QED) is 0.666. The number of aromatic nitrogens is 1. The predicted octanol–water partition coefficient (Wildman–Crippen LogP) is 2.33. The summed E-state index contributed by atoms with van der Waals surface area (Å²) in [6, 6.07) is 4.58. The lowest BCUT2D eigenvalue weighted by atomic mass is 10.2. The first-order valence-electron chi connectivity index (χ1n) is 5.11. The van der Waals surface area contributed by atoms with Crippen LogP contribution in [0.1, 0.15) is 15.2 Å². The van der Waals surface area contributed by atoms with E-state index in [1.807, 2.05) is 17.5 Å². The monoisotopic (exact) mass is 280 g/mol. The van der Waals surface area contributed by atoms with Gasteiger partial charge in [0.05, 0.1) is 10.5 Å². The van der Waals surface area contributed by atoms with E-state index in [1.165, 1.54) is 11.3 Å². The zero-order valence-electron chi connectivity index (χ0n) is 9.48. The summed E-state index contributed by atoms with van der Waals surface area (Å²) in [5.41, 5.74) is -0.716. The lowest BCUT2D eigenvalue weighted by Gasteiger charge is -2.04. The molecule has 1 N–H and O–H groups in total. The number of carboxylic acids is 1. The van der Waals surface area contributed by atoms with Gasteiger partial charge >= 0.3 is 11.7 Å². The number of carboxylic acid groups (broad SMARTS) is 1. The zero-order valence-corrected chi connectivity index (χ0v) is 10.3. The molecule has 0 spiro atoms. The molecule has 7 nitrogen and oxygen atoms in total. The van der Waals surface area contributed by atoms with Crippen molar-refractivity contribution in [1.82, 2.24) is 4.98 Å². The molecule has 0 unspecified atom stereocenters. The van der Waals surface area contributed by atoms with Crippen molar-refractivity contribution in [2.45, 2.75) is 6.61 Å². The minimum absolute atomic E-state index is 0.151. The van der Waals surface area contributed by atoms with Crippen molar-refractivity contribution in [1.29, 1.82) is 0 Å². The maximum absolute atomic E-state index is 10.9. The Bertz CT molecular complexity index is 612. The van der Waals surface area contributed by atoms with Crippen LogP contribution in [-0.2, 0) is 6.61 Å². The molecule has 2 aromatic heterocycles. The van der Waals surface area contributed by atoms with Crippen molar-refractivity contribution < 1.29 is 19.6 Å². The molecule has 0 fully saturated rings. The molecule has 0 aromatic carbocycles. The molecule has 0 radical (unpaired) electrons. The number of ether oxygens (including phenoxy) is 1. The molecule has 8 heteroatoms. The van der Waals surface area contributed by atoms with Gasteiger partial charge in [-0.25, -0.2) is 9.78 Å². The van der Waals surface area contributed by atoms with Crippen LogP contribution in [0.15, 0.2) is 29.8 Å². The predicted molar refractivity (Wildman–Crippen MR) is 66.5 cm³/mol. The Morgan fingerprint density at radius 2 is 2.37 bits per heavy atom. The van der Waals surface area contributed by atoms with Crippen LogP contribution in [0.4, 0.5) is 5.69 Å². The molecule has 0 saturated heterocycles. The van der Waals surface area contributed by atoms with Gasteiger partial charge in [-0.3, -0.25) is 10.1 Å². The second kappa shape index (κ2) is 5.44. The van der Waals surface area contributed by atoms with Gasteiger partial charge in [-0.15, -0.1) is 11.3 Å². The van der Waals surface area contributed by atoms with Crippen LogP contribution in [0.3, 0.4) is 0 Å². The molecule has 0 saturated carbocycles. The van der Waals surface area contributed by atoms with E-state index < -0.39 is 16.6 Å². The highest BCUT2D eigenvalue weighted by Gasteiger charge is 2.20. The van der Waals surface area contributed by atoms with E-state index in [0.29, 0.717) is 0 Å². The van der Waals surface area contributed by atoms with E-state index in [-0.39, 0.29) is 18.1 Å². The van der Waals surface area contributed by atoms with E-state index in [9.17, 15) is 14.9 Å². The summed E-state index contributed by atoms with van der Waals surface area (Å²) in [5, 5.41) is 21.5. The summed E-state index contributed by atoms with van der Waals surface area (Å²) in [7, 11) is 0. The van der Waals surface area contributed by atoms with E-state index in [4.69, 9.17) is 9.84 Å². The first-order valence-corrected chi connectivity index (χ1v) is 5.99. The Balaban J connectivity index is 2.24. The number of pyridine rings is 1. The van der Waals surface area contributed by atoms with Crippen LogP contribution in [0.25, 0.3) is 0 Å². The SMILES string of the molecule is O=C(O)c1cnc(OCc2cccs2)c([N+](=O)[O-])c1. The van der Waals surface area contributed by atoms with Crippen LogP contribution in [0, 0.1) is 10.1 Å². The van der Waals surface area contributed by atoms with Crippen LogP contribution < -0.4 is 4.74 Å². The van der Waals surface area contributed by atoms with Gasteiger partial charge in [-0.2, -0.15) is 0 Å². The van der Waals surface area contributed by atoms with Gasteiger partial charge in [0.25, 0.3) is 5.88 Å². The van der Waals surface area contributed by atoms with E-state index in [1.54, 1.807) is 0 Å². The van der Waals surface area contributed by atoms with Gasteiger partial charge in [-0.1, -0.05) is 6.07 Å². The third-order valence-corrected chi connectivity index (χ3v) is 3.06. The van der Waals surface area contributed by atoms with Gasteiger partial charge in [0.1, 0.15) is 6.61 Å². The van der Waals surface area contributed by atoms with Crippen molar-refractivity contribution in [3.63, 3.8) is 0 Å². The second-order valence-corrected chi connectivity index (χ2v) is 4.51. The maximum atomic E-state index is 10.9. The molecular weight excluding hydrogens is 272 g/mol. The summed E-state index contributed by atoms with van der Waals surface area (Å²) in [5.74, 6) is -1.47. The third-order valence-electron chi connectivity index (χ3n) is 2.21. The Morgan fingerprint density at radius 3 is 2.95 bits per heavy atom. The lowest BCUT2D eigenvalue weighted by Crippen LogP contribution is -2.04. The van der Waals surface area contributed by atoms with Crippen molar-refractivity contribution in [2.75, 3.05) is 0 Å². The minimum atomic E-state index is -1.28. The first-order chi connectivity index (χ1) is 9.08. The highest BCUT2D eigenvalue weighted by Crippen LogP contribution is 2.26. The zero-order chi connectivity index (χ0) is 13.8. The number of nitrogens with zero attached hydrogens (tertiary/aromatic N) is 2. The van der Waals surface area contributed by atoms with Crippen LogP contribution in [0.5, 0.6) is 5.88 Å². The molecular formula is C11H8N2O5S. The van der Waals surface area contributed by atoms with Crippen molar-refractivity contribution in [3.05, 3.63) is 50.3 Å². The number of thiophene rings is 1. The summed E-state index contributed by atoms with van der Waals surface area (Å²) in [6.45, 7) is 0.151. The number of rotatable bonds is 5. The molecule has 2 heterocycles. The number of hydrogen-bond acceptors (Lipinski definition) is 6. The summed E-state index contributed by atoms with van der Waals surface area (Å²) in [6.07, 6.45) is 1.03. The molecule has 2 aromatic rings. The molecule has 0 aliphatic heterocycles. The standard InChI is InChI=1S/C11H8N2O5S/c14-11(15)7-4-9(13(16)17)10(12-5-7)18-6-8-2-1-3-19-8/h1-5H,6H2,(H,14,15). The van der Waals surface area contributed by atoms with Crippen LogP contribution in [0.2, 0.25) is 0 Å². The first kappa shape index (κ1) is 13.0. The largest absolute Gasteiger partial charge is 0.478 e. The molecule has 0 aliphatic carbocycles. The average Bonchev–Trinajstić information content (AvgIpc) is 2.89. The normalized spacial score (nSPS) is 10.1. The maximum Gasteiger partial charge on any atom is 0.337 e. The minimum Gasteiger partial charge on any atom is -0.478 e. The average molecular weight is 280 g/mol.